The fourth-order valence-corrected chi connectivity index (χ4v) is 2.90. The van der Waals surface area contributed by atoms with Crippen molar-refractivity contribution in [2.45, 2.75) is 13.0 Å². The molecule has 1 heterocycles. The maximum atomic E-state index is 12.3. The van der Waals surface area contributed by atoms with Gasteiger partial charge in [-0.05, 0) is 41.8 Å². The Morgan fingerprint density at radius 2 is 1.87 bits per heavy atom. The molecule has 2 aromatic carbocycles. The van der Waals surface area contributed by atoms with Crippen LogP contribution >= 0.6 is 0 Å². The lowest BCUT2D eigenvalue weighted by Gasteiger charge is -2.10. The van der Waals surface area contributed by atoms with Crippen molar-refractivity contribution in [3.63, 3.8) is 0 Å². The summed E-state index contributed by atoms with van der Waals surface area (Å²) in [6.07, 6.45) is 2.12. The molecule has 30 heavy (non-hydrogen) atoms. The number of carbonyl (C=O) groups excluding carboxylic acids is 1. The number of hydrogen-bond donors (Lipinski definition) is 2. The van der Waals surface area contributed by atoms with Gasteiger partial charge in [-0.1, -0.05) is 12.1 Å². The Kier molecular flexibility index (Phi) is 7.00. The molecule has 0 atom stereocenters. The molecular formula is C22H23N3O5. The predicted molar refractivity (Wildman–Crippen MR) is 109 cm³/mol. The second-order valence-corrected chi connectivity index (χ2v) is 6.43. The number of benzene rings is 2. The number of nitriles is 1. The lowest BCUT2D eigenvalue weighted by atomic mass is 10.1. The molecule has 0 spiro atoms. The molecule has 3 rings (SSSR count). The van der Waals surface area contributed by atoms with Gasteiger partial charge in [0.05, 0.1) is 14.2 Å². The lowest BCUT2D eigenvalue weighted by molar-refractivity contribution is -0.117. The van der Waals surface area contributed by atoms with Crippen molar-refractivity contribution in [3.8, 4) is 29.1 Å². The van der Waals surface area contributed by atoms with Crippen LogP contribution in [0.2, 0.25) is 0 Å². The van der Waals surface area contributed by atoms with Crippen LogP contribution in [0.4, 0.5) is 0 Å². The molecule has 1 aliphatic heterocycles. The van der Waals surface area contributed by atoms with E-state index in [1.165, 1.54) is 6.20 Å². The van der Waals surface area contributed by atoms with Crippen LogP contribution in [-0.4, -0.2) is 33.5 Å². The Morgan fingerprint density at radius 1 is 1.10 bits per heavy atom. The number of hydrogen-bond acceptors (Lipinski definition) is 7. The second kappa shape index (κ2) is 10.1. The summed E-state index contributed by atoms with van der Waals surface area (Å²) in [4.78, 5) is 12.3. The number of rotatable bonds is 9. The minimum absolute atomic E-state index is 0.00283. The zero-order chi connectivity index (χ0) is 21.3. The molecular weight excluding hydrogens is 386 g/mol. The summed E-state index contributed by atoms with van der Waals surface area (Å²) < 4.78 is 21.1. The molecule has 8 nitrogen and oxygen atoms in total. The SMILES string of the molecule is COc1ccc(CCN/C=C(/C#N)C(=O)NCc2ccc3c(c2)OCO3)cc1OC. The van der Waals surface area contributed by atoms with E-state index in [0.717, 1.165) is 11.1 Å². The van der Waals surface area contributed by atoms with E-state index < -0.39 is 5.91 Å². The number of ether oxygens (including phenoxy) is 4. The maximum absolute atomic E-state index is 12.3. The first-order valence-corrected chi connectivity index (χ1v) is 9.36. The minimum atomic E-state index is -0.450. The second-order valence-electron chi connectivity index (χ2n) is 6.43. The Labute approximate surface area is 175 Å². The number of nitrogens with one attached hydrogen (secondary N) is 2. The van der Waals surface area contributed by atoms with E-state index in [0.29, 0.717) is 36.0 Å². The third kappa shape index (κ3) is 5.14. The van der Waals surface area contributed by atoms with Crippen LogP contribution in [0.1, 0.15) is 11.1 Å². The van der Waals surface area contributed by atoms with Crippen LogP contribution in [0.25, 0.3) is 0 Å². The van der Waals surface area contributed by atoms with E-state index in [-0.39, 0.29) is 18.9 Å². The van der Waals surface area contributed by atoms with Crippen molar-refractivity contribution in [2.75, 3.05) is 27.6 Å². The Bertz CT molecular complexity index is 981. The van der Waals surface area contributed by atoms with Crippen LogP contribution in [0.3, 0.4) is 0 Å². The topological polar surface area (TPSA) is 102 Å². The zero-order valence-electron chi connectivity index (χ0n) is 16.9. The van der Waals surface area contributed by atoms with Gasteiger partial charge in [-0.25, -0.2) is 0 Å². The monoisotopic (exact) mass is 409 g/mol. The van der Waals surface area contributed by atoms with E-state index in [4.69, 9.17) is 18.9 Å². The average molecular weight is 409 g/mol. The van der Waals surface area contributed by atoms with E-state index >= 15 is 0 Å². The summed E-state index contributed by atoms with van der Waals surface area (Å²) in [6, 6.07) is 13.0. The Balaban J connectivity index is 1.49. The van der Waals surface area contributed by atoms with Crippen LogP contribution in [-0.2, 0) is 17.8 Å². The average Bonchev–Trinajstić information content (AvgIpc) is 3.25. The molecule has 0 saturated heterocycles. The van der Waals surface area contributed by atoms with Gasteiger partial charge in [-0.3, -0.25) is 4.79 Å². The first-order valence-electron chi connectivity index (χ1n) is 9.36. The van der Waals surface area contributed by atoms with Crippen molar-refractivity contribution in [2.24, 2.45) is 0 Å². The van der Waals surface area contributed by atoms with Gasteiger partial charge in [0, 0.05) is 19.3 Å². The molecule has 0 fully saturated rings. The third-order valence-corrected chi connectivity index (χ3v) is 4.51. The van der Waals surface area contributed by atoms with Crippen LogP contribution in [0, 0.1) is 11.3 Å². The number of amides is 1. The molecule has 2 aromatic rings. The fraction of sp³-hybridized carbons (Fsp3) is 0.273. The molecule has 0 bridgehead atoms. The van der Waals surface area contributed by atoms with Gasteiger partial charge in [0.25, 0.3) is 5.91 Å². The smallest absolute Gasteiger partial charge is 0.263 e. The van der Waals surface area contributed by atoms with E-state index in [2.05, 4.69) is 10.6 Å². The molecule has 1 aliphatic rings. The number of nitrogens with zero attached hydrogens (tertiary/aromatic N) is 1. The minimum Gasteiger partial charge on any atom is -0.493 e. The summed E-state index contributed by atoms with van der Waals surface area (Å²) in [5, 5.41) is 15.0. The standard InChI is InChI=1S/C22H23N3O5/c1-27-18-5-3-15(9-20(18)28-2)7-8-24-13-17(11-23)22(26)25-12-16-4-6-19-21(10-16)30-14-29-19/h3-6,9-10,13,24H,7-8,12,14H2,1-2H3,(H,25,26)/b17-13-. The van der Waals surface area contributed by atoms with Gasteiger partial charge in [0.1, 0.15) is 11.6 Å². The summed E-state index contributed by atoms with van der Waals surface area (Å²) in [6.45, 7) is 1.03. The third-order valence-electron chi connectivity index (χ3n) is 4.51. The zero-order valence-corrected chi connectivity index (χ0v) is 16.9. The van der Waals surface area contributed by atoms with Gasteiger partial charge in [0.2, 0.25) is 6.79 Å². The highest BCUT2D eigenvalue weighted by molar-refractivity contribution is 5.97. The first-order chi connectivity index (χ1) is 14.6. The number of fused-ring (bicyclic) bond motifs is 1. The predicted octanol–water partition coefficient (Wildman–Crippen LogP) is 2.29. The molecule has 1 amide bonds. The van der Waals surface area contributed by atoms with Gasteiger partial charge < -0.3 is 29.6 Å². The highest BCUT2D eigenvalue weighted by Crippen LogP contribution is 2.32. The normalized spacial score (nSPS) is 12.1. The molecule has 0 radical (unpaired) electrons. The maximum Gasteiger partial charge on any atom is 0.263 e. The largest absolute Gasteiger partial charge is 0.493 e. The highest BCUT2D eigenvalue weighted by Gasteiger charge is 2.14. The Morgan fingerprint density at radius 3 is 2.63 bits per heavy atom. The molecule has 0 unspecified atom stereocenters. The summed E-state index contributed by atoms with van der Waals surface area (Å²) in [5.74, 6) is 2.20. The van der Waals surface area contributed by atoms with Crippen molar-refractivity contribution in [3.05, 3.63) is 59.3 Å². The quantitative estimate of drug-likeness (QED) is 0.372. The van der Waals surface area contributed by atoms with Crippen LogP contribution in [0.15, 0.2) is 48.2 Å². The van der Waals surface area contributed by atoms with E-state index in [9.17, 15) is 10.1 Å². The van der Waals surface area contributed by atoms with Crippen molar-refractivity contribution in [1.82, 2.24) is 10.6 Å². The molecule has 0 aliphatic carbocycles. The molecule has 156 valence electrons. The van der Waals surface area contributed by atoms with Gasteiger partial charge in [-0.2, -0.15) is 5.26 Å². The Hall–Kier alpha value is -3.86. The molecule has 2 N–H and O–H groups in total. The van der Waals surface area contributed by atoms with Crippen molar-refractivity contribution in [1.29, 1.82) is 5.26 Å². The first kappa shape index (κ1) is 20.9. The van der Waals surface area contributed by atoms with Crippen LogP contribution in [0.5, 0.6) is 23.0 Å². The summed E-state index contributed by atoms with van der Waals surface area (Å²) >= 11 is 0. The van der Waals surface area contributed by atoms with Crippen molar-refractivity contribution < 1.29 is 23.7 Å². The van der Waals surface area contributed by atoms with Crippen molar-refractivity contribution >= 4 is 5.91 Å². The van der Waals surface area contributed by atoms with E-state index in [1.54, 1.807) is 26.4 Å². The van der Waals surface area contributed by atoms with Gasteiger partial charge in [0.15, 0.2) is 23.0 Å². The molecule has 8 heteroatoms. The number of carbonyl (C=O) groups is 1. The fourth-order valence-electron chi connectivity index (χ4n) is 2.90. The highest BCUT2D eigenvalue weighted by atomic mass is 16.7. The van der Waals surface area contributed by atoms with Gasteiger partial charge >= 0.3 is 0 Å². The summed E-state index contributed by atoms with van der Waals surface area (Å²) in [5.41, 5.74) is 1.90. The molecule has 0 aromatic heterocycles. The lowest BCUT2D eigenvalue weighted by Crippen LogP contribution is -2.25. The summed E-state index contributed by atoms with van der Waals surface area (Å²) in [7, 11) is 3.18. The number of methoxy groups -OCH3 is 2. The van der Waals surface area contributed by atoms with E-state index in [1.807, 2.05) is 30.3 Å². The van der Waals surface area contributed by atoms with Gasteiger partial charge in [-0.15, -0.1) is 0 Å². The molecule has 0 saturated carbocycles. The van der Waals surface area contributed by atoms with Crippen LogP contribution < -0.4 is 29.6 Å².